The van der Waals surface area contributed by atoms with Crippen molar-refractivity contribution < 1.29 is 30.8 Å². The van der Waals surface area contributed by atoms with Gasteiger partial charge in [0, 0.05) is 6.61 Å². The lowest BCUT2D eigenvalue weighted by molar-refractivity contribution is -0.312. The Bertz CT molecular complexity index is 245. The third-order valence-corrected chi connectivity index (χ3v) is 5.90. The zero-order valence-corrected chi connectivity index (χ0v) is 9.74. The molecule has 2 unspecified atom stereocenters. The van der Waals surface area contributed by atoms with E-state index in [-0.39, 0.29) is 12.7 Å². The second-order valence-electron chi connectivity index (χ2n) is 4.00. The Kier molecular flexibility index (Phi) is 3.64. The smallest absolute Gasteiger partial charge is 0.416 e. The van der Waals surface area contributed by atoms with Crippen LogP contribution in [0.4, 0.5) is 26.3 Å². The summed E-state index contributed by atoms with van der Waals surface area (Å²) < 4.78 is 80.6. The Labute approximate surface area is 90.5 Å². The van der Waals surface area contributed by atoms with Crippen molar-refractivity contribution in [2.75, 3.05) is 6.61 Å². The van der Waals surface area contributed by atoms with E-state index in [4.69, 9.17) is 4.43 Å². The normalized spacial score (nSPS) is 27.6. The van der Waals surface area contributed by atoms with Gasteiger partial charge in [-0.2, -0.15) is 22.0 Å². The molecular formula is C8H12F6OSi. The topological polar surface area (TPSA) is 9.23 Å². The number of alkyl halides is 6. The maximum atomic E-state index is 13.7. The summed E-state index contributed by atoms with van der Waals surface area (Å²) in [6, 6.07) is 0.0126. The fourth-order valence-corrected chi connectivity index (χ4v) is 4.35. The van der Waals surface area contributed by atoms with E-state index in [1.165, 1.54) is 0 Å². The first kappa shape index (κ1) is 13.8. The molecule has 1 heterocycles. The van der Waals surface area contributed by atoms with Gasteiger partial charge in [0.15, 0.2) is 5.29 Å². The van der Waals surface area contributed by atoms with Crippen LogP contribution in [0.5, 0.6) is 0 Å². The Morgan fingerprint density at radius 1 is 1.00 bits per heavy atom. The van der Waals surface area contributed by atoms with E-state index in [0.29, 0.717) is 19.8 Å². The average Bonchev–Trinajstić information content (AvgIpc) is 2.17. The van der Waals surface area contributed by atoms with Gasteiger partial charge in [-0.3, -0.25) is 0 Å². The first-order valence-electron chi connectivity index (χ1n) is 4.86. The molecule has 0 aromatic carbocycles. The average molecular weight is 266 g/mol. The highest BCUT2D eigenvalue weighted by molar-refractivity contribution is 6.55. The van der Waals surface area contributed by atoms with Gasteiger partial charge in [0.2, 0.25) is 9.04 Å². The summed E-state index contributed by atoms with van der Waals surface area (Å²) in [6.07, 6.45) is -4.84. The summed E-state index contributed by atoms with van der Waals surface area (Å²) in [5.41, 5.74) is 0. The molecule has 8 heteroatoms. The van der Waals surface area contributed by atoms with E-state index in [1.807, 2.05) is 0 Å². The third-order valence-electron chi connectivity index (χ3n) is 2.75. The summed E-state index contributed by atoms with van der Waals surface area (Å²) in [4.78, 5) is 0. The Morgan fingerprint density at radius 3 is 1.94 bits per heavy atom. The van der Waals surface area contributed by atoms with Crippen LogP contribution in [-0.2, 0) is 4.43 Å². The van der Waals surface area contributed by atoms with E-state index < -0.39 is 26.4 Å². The third kappa shape index (κ3) is 2.22. The molecule has 0 aliphatic carbocycles. The lowest BCUT2D eigenvalue weighted by atomic mass is 10.2. The van der Waals surface area contributed by atoms with Crippen molar-refractivity contribution in [3.05, 3.63) is 0 Å². The van der Waals surface area contributed by atoms with Crippen LogP contribution in [0.15, 0.2) is 0 Å². The number of halogens is 6. The molecular weight excluding hydrogens is 254 g/mol. The molecule has 0 aromatic rings. The monoisotopic (exact) mass is 266 g/mol. The molecule has 1 aliphatic rings. The van der Waals surface area contributed by atoms with Gasteiger partial charge in [-0.05, 0) is 19.4 Å². The molecule has 0 spiro atoms. The van der Waals surface area contributed by atoms with Crippen molar-refractivity contribution in [2.45, 2.75) is 43.2 Å². The SMILES string of the molecule is CC(F)([SiH]1CCCCO1)C(F)(F)C(F)(F)F. The summed E-state index contributed by atoms with van der Waals surface area (Å²) in [6.45, 7) is 0.382. The van der Waals surface area contributed by atoms with Gasteiger partial charge >= 0.3 is 12.1 Å². The van der Waals surface area contributed by atoms with Crippen molar-refractivity contribution >= 4 is 9.04 Å². The minimum absolute atomic E-state index is 0.0126. The molecule has 0 aromatic heterocycles. The minimum atomic E-state index is -5.87. The van der Waals surface area contributed by atoms with Crippen molar-refractivity contribution in [3.8, 4) is 0 Å². The van der Waals surface area contributed by atoms with E-state index in [0.717, 1.165) is 0 Å². The van der Waals surface area contributed by atoms with Gasteiger partial charge in [0.25, 0.3) is 0 Å². The predicted molar refractivity (Wildman–Crippen MR) is 47.7 cm³/mol. The van der Waals surface area contributed by atoms with Gasteiger partial charge in [-0.25, -0.2) is 4.39 Å². The Morgan fingerprint density at radius 2 is 1.56 bits per heavy atom. The number of rotatable bonds is 2. The standard InChI is InChI=1S/C8H12F6OSi/c1-6(9,7(10,11)8(12,13)14)16-5-3-2-4-15-16/h16H,2-5H2,1H3. The fraction of sp³-hybridized carbons (Fsp3) is 1.00. The number of hydrogen-bond donors (Lipinski definition) is 0. The largest absolute Gasteiger partial charge is 0.456 e. The van der Waals surface area contributed by atoms with Gasteiger partial charge in [-0.15, -0.1) is 0 Å². The van der Waals surface area contributed by atoms with Crippen LogP contribution in [0.25, 0.3) is 0 Å². The molecule has 0 N–H and O–H groups in total. The maximum absolute atomic E-state index is 13.7. The predicted octanol–water partition coefficient (Wildman–Crippen LogP) is 2.99. The molecule has 0 amide bonds. The van der Waals surface area contributed by atoms with Crippen LogP contribution in [0, 0.1) is 0 Å². The molecule has 0 radical (unpaired) electrons. The van der Waals surface area contributed by atoms with Crippen LogP contribution >= 0.6 is 0 Å². The van der Waals surface area contributed by atoms with Crippen LogP contribution in [0.3, 0.4) is 0 Å². The molecule has 2 atom stereocenters. The second kappa shape index (κ2) is 4.21. The highest BCUT2D eigenvalue weighted by atomic mass is 28.3. The van der Waals surface area contributed by atoms with Crippen molar-refractivity contribution in [1.82, 2.24) is 0 Å². The summed E-state index contributed by atoms with van der Waals surface area (Å²) >= 11 is 0. The molecule has 0 bridgehead atoms. The molecule has 0 saturated carbocycles. The Balaban J connectivity index is 2.90. The van der Waals surface area contributed by atoms with E-state index in [2.05, 4.69) is 0 Å². The molecule has 1 aliphatic heterocycles. The first-order chi connectivity index (χ1) is 7.11. The van der Waals surface area contributed by atoms with Crippen LogP contribution < -0.4 is 0 Å². The van der Waals surface area contributed by atoms with Gasteiger partial charge in [0.1, 0.15) is 0 Å². The maximum Gasteiger partial charge on any atom is 0.456 e. The molecule has 1 fully saturated rings. The minimum Gasteiger partial charge on any atom is -0.416 e. The van der Waals surface area contributed by atoms with Crippen LogP contribution in [-0.4, -0.2) is 33.0 Å². The van der Waals surface area contributed by atoms with E-state index in [9.17, 15) is 26.3 Å². The summed E-state index contributed by atoms with van der Waals surface area (Å²) in [7, 11) is -3.20. The Hall–Kier alpha value is -0.243. The molecule has 1 saturated heterocycles. The molecule has 96 valence electrons. The van der Waals surface area contributed by atoms with E-state index in [1.54, 1.807) is 0 Å². The number of hydrogen-bond acceptors (Lipinski definition) is 1. The zero-order valence-electron chi connectivity index (χ0n) is 8.58. The van der Waals surface area contributed by atoms with Crippen LogP contribution in [0.2, 0.25) is 6.04 Å². The van der Waals surface area contributed by atoms with Crippen molar-refractivity contribution in [3.63, 3.8) is 0 Å². The van der Waals surface area contributed by atoms with E-state index >= 15 is 0 Å². The lowest BCUT2D eigenvalue weighted by Gasteiger charge is -2.37. The summed E-state index contributed by atoms with van der Waals surface area (Å²) in [5.74, 6) is -5.34. The molecule has 16 heavy (non-hydrogen) atoms. The van der Waals surface area contributed by atoms with Gasteiger partial charge in [-0.1, -0.05) is 6.42 Å². The van der Waals surface area contributed by atoms with Gasteiger partial charge in [0.05, 0.1) is 0 Å². The van der Waals surface area contributed by atoms with Crippen molar-refractivity contribution in [2.24, 2.45) is 0 Å². The summed E-state index contributed by atoms with van der Waals surface area (Å²) in [5, 5.41) is -3.59. The quantitative estimate of drug-likeness (QED) is 0.551. The fourth-order valence-electron chi connectivity index (χ4n) is 1.65. The highest BCUT2D eigenvalue weighted by Crippen LogP contribution is 2.47. The van der Waals surface area contributed by atoms with Gasteiger partial charge < -0.3 is 4.43 Å². The van der Waals surface area contributed by atoms with Crippen molar-refractivity contribution in [1.29, 1.82) is 0 Å². The first-order valence-corrected chi connectivity index (χ1v) is 6.72. The lowest BCUT2D eigenvalue weighted by Crippen LogP contribution is -2.62. The highest BCUT2D eigenvalue weighted by Gasteiger charge is 2.72. The second-order valence-corrected chi connectivity index (χ2v) is 6.98. The zero-order chi connectivity index (χ0) is 12.6. The molecule has 1 nitrogen and oxygen atoms in total. The molecule has 1 rings (SSSR count). The van der Waals surface area contributed by atoms with Crippen LogP contribution in [0.1, 0.15) is 19.8 Å².